The maximum absolute atomic E-state index is 12.5. The number of rotatable bonds is 7. The molecule has 0 radical (unpaired) electrons. The summed E-state index contributed by atoms with van der Waals surface area (Å²) in [4.78, 5) is 24.4. The number of carbonyl (C=O) groups excluding carboxylic acids is 2. The number of nitrogens with one attached hydrogen (secondary N) is 1. The van der Waals surface area contributed by atoms with Gasteiger partial charge in [-0.25, -0.2) is 4.79 Å². The van der Waals surface area contributed by atoms with Crippen molar-refractivity contribution in [2.75, 3.05) is 12.4 Å². The SMILES string of the molecule is COC(=O)c1c(NC(=O)c2ccc(COc3cc(C)ccc3C(C)C)o2)cnn1C. The fourth-order valence-corrected chi connectivity index (χ4v) is 3.02. The zero-order chi connectivity index (χ0) is 21.8. The average molecular weight is 411 g/mol. The highest BCUT2D eigenvalue weighted by atomic mass is 16.5. The van der Waals surface area contributed by atoms with E-state index in [-0.39, 0.29) is 23.7 Å². The fourth-order valence-electron chi connectivity index (χ4n) is 3.02. The first-order valence-electron chi connectivity index (χ1n) is 9.54. The van der Waals surface area contributed by atoms with Crippen LogP contribution < -0.4 is 10.1 Å². The number of methoxy groups -OCH3 is 1. The van der Waals surface area contributed by atoms with E-state index in [0.29, 0.717) is 11.7 Å². The van der Waals surface area contributed by atoms with Crippen molar-refractivity contribution in [1.29, 1.82) is 0 Å². The molecule has 0 unspecified atom stereocenters. The minimum absolute atomic E-state index is 0.0987. The summed E-state index contributed by atoms with van der Waals surface area (Å²) in [5, 5.41) is 6.60. The molecular formula is C22H25N3O5. The van der Waals surface area contributed by atoms with Crippen LogP contribution in [0.3, 0.4) is 0 Å². The molecule has 8 nitrogen and oxygen atoms in total. The van der Waals surface area contributed by atoms with Crippen LogP contribution in [0.1, 0.15) is 57.7 Å². The minimum Gasteiger partial charge on any atom is -0.485 e. The van der Waals surface area contributed by atoms with Gasteiger partial charge in [-0.2, -0.15) is 5.10 Å². The van der Waals surface area contributed by atoms with Gasteiger partial charge in [0.15, 0.2) is 11.5 Å². The van der Waals surface area contributed by atoms with E-state index in [0.717, 1.165) is 16.9 Å². The maximum Gasteiger partial charge on any atom is 0.358 e. The van der Waals surface area contributed by atoms with Crippen LogP contribution in [0, 0.1) is 6.92 Å². The van der Waals surface area contributed by atoms with E-state index in [2.05, 4.69) is 36.4 Å². The van der Waals surface area contributed by atoms with Crippen molar-refractivity contribution < 1.29 is 23.5 Å². The number of aromatic nitrogens is 2. The summed E-state index contributed by atoms with van der Waals surface area (Å²) in [5.41, 5.74) is 2.59. The van der Waals surface area contributed by atoms with Crippen LogP contribution in [0.4, 0.5) is 5.69 Å². The molecule has 0 bridgehead atoms. The average Bonchev–Trinajstić information content (AvgIpc) is 3.32. The van der Waals surface area contributed by atoms with Crippen LogP contribution >= 0.6 is 0 Å². The van der Waals surface area contributed by atoms with E-state index in [1.54, 1.807) is 19.2 Å². The number of carbonyl (C=O) groups is 2. The molecule has 0 aliphatic heterocycles. The molecule has 1 aromatic carbocycles. The second-order valence-corrected chi connectivity index (χ2v) is 7.23. The van der Waals surface area contributed by atoms with Gasteiger partial charge in [0.25, 0.3) is 5.91 Å². The van der Waals surface area contributed by atoms with Crippen LogP contribution in [-0.4, -0.2) is 28.8 Å². The standard InChI is InChI=1S/C22H25N3O5/c1-13(2)16-8-6-14(3)10-19(16)29-12-15-7-9-18(30-15)21(26)24-17-11-23-25(4)20(17)22(27)28-5/h6-11,13H,12H2,1-5H3,(H,24,26). The van der Waals surface area contributed by atoms with Crippen molar-refractivity contribution in [2.24, 2.45) is 7.05 Å². The van der Waals surface area contributed by atoms with Crippen molar-refractivity contribution in [2.45, 2.75) is 33.3 Å². The Morgan fingerprint density at radius 2 is 2.00 bits per heavy atom. The third kappa shape index (κ3) is 4.53. The molecule has 0 aliphatic carbocycles. The molecule has 8 heteroatoms. The van der Waals surface area contributed by atoms with E-state index in [9.17, 15) is 9.59 Å². The Hall–Kier alpha value is -3.55. The first-order chi connectivity index (χ1) is 14.3. The van der Waals surface area contributed by atoms with Gasteiger partial charge in [-0.15, -0.1) is 0 Å². The number of amides is 1. The van der Waals surface area contributed by atoms with Crippen molar-refractivity contribution in [1.82, 2.24) is 9.78 Å². The summed E-state index contributed by atoms with van der Waals surface area (Å²) in [5.74, 6) is 0.626. The van der Waals surface area contributed by atoms with Crippen molar-refractivity contribution in [3.63, 3.8) is 0 Å². The number of anilines is 1. The molecule has 2 aromatic heterocycles. The number of furan rings is 1. The molecule has 0 spiro atoms. The summed E-state index contributed by atoms with van der Waals surface area (Å²) >= 11 is 0. The zero-order valence-corrected chi connectivity index (χ0v) is 17.7. The third-order valence-corrected chi connectivity index (χ3v) is 4.61. The monoisotopic (exact) mass is 411 g/mol. The fraction of sp³-hybridized carbons (Fsp3) is 0.318. The lowest BCUT2D eigenvalue weighted by molar-refractivity contribution is 0.0589. The quantitative estimate of drug-likeness (QED) is 0.589. The van der Waals surface area contributed by atoms with Gasteiger partial charge < -0.3 is 19.2 Å². The van der Waals surface area contributed by atoms with E-state index in [1.807, 2.05) is 13.0 Å². The summed E-state index contributed by atoms with van der Waals surface area (Å²) in [6, 6.07) is 9.34. The number of nitrogens with zero attached hydrogens (tertiary/aromatic N) is 2. The Balaban J connectivity index is 1.70. The number of esters is 1. The number of benzene rings is 1. The molecule has 0 saturated heterocycles. The van der Waals surface area contributed by atoms with Crippen molar-refractivity contribution >= 4 is 17.6 Å². The highest BCUT2D eigenvalue weighted by molar-refractivity contribution is 6.06. The van der Waals surface area contributed by atoms with E-state index in [1.165, 1.54) is 18.0 Å². The molecule has 0 aliphatic rings. The van der Waals surface area contributed by atoms with Crippen LogP contribution in [-0.2, 0) is 18.4 Å². The van der Waals surface area contributed by atoms with Crippen molar-refractivity contribution in [3.8, 4) is 5.75 Å². The number of hydrogen-bond donors (Lipinski definition) is 1. The zero-order valence-electron chi connectivity index (χ0n) is 17.7. The predicted octanol–water partition coefficient (Wildman–Crippen LogP) is 4.06. The third-order valence-electron chi connectivity index (χ3n) is 4.61. The maximum atomic E-state index is 12.5. The number of ether oxygens (including phenoxy) is 2. The predicted molar refractivity (Wildman–Crippen MR) is 111 cm³/mol. The lowest BCUT2D eigenvalue weighted by Crippen LogP contribution is -2.16. The Kier molecular flexibility index (Phi) is 6.25. The summed E-state index contributed by atoms with van der Waals surface area (Å²) < 4.78 is 17.6. The van der Waals surface area contributed by atoms with Gasteiger partial charge in [-0.3, -0.25) is 9.48 Å². The van der Waals surface area contributed by atoms with Gasteiger partial charge in [0, 0.05) is 7.05 Å². The summed E-state index contributed by atoms with van der Waals surface area (Å²) in [6.45, 7) is 6.41. The van der Waals surface area contributed by atoms with E-state index >= 15 is 0 Å². The van der Waals surface area contributed by atoms with Gasteiger partial charge in [0.05, 0.1) is 19.0 Å². The molecule has 2 heterocycles. The molecule has 0 fully saturated rings. The van der Waals surface area contributed by atoms with E-state index in [4.69, 9.17) is 13.9 Å². The van der Waals surface area contributed by atoms with Gasteiger partial charge in [0.2, 0.25) is 0 Å². The molecule has 0 atom stereocenters. The molecule has 158 valence electrons. The van der Waals surface area contributed by atoms with Gasteiger partial charge in [-0.1, -0.05) is 26.0 Å². The number of aryl methyl sites for hydroxylation is 2. The molecule has 1 N–H and O–H groups in total. The largest absolute Gasteiger partial charge is 0.485 e. The Morgan fingerprint density at radius 3 is 2.70 bits per heavy atom. The highest BCUT2D eigenvalue weighted by Crippen LogP contribution is 2.28. The second kappa shape index (κ2) is 8.86. The van der Waals surface area contributed by atoms with E-state index < -0.39 is 11.9 Å². The van der Waals surface area contributed by atoms with Crippen LogP contribution in [0.25, 0.3) is 0 Å². The molecule has 3 rings (SSSR count). The first kappa shape index (κ1) is 21.2. The Morgan fingerprint density at radius 1 is 1.23 bits per heavy atom. The van der Waals surface area contributed by atoms with Crippen molar-refractivity contribution in [3.05, 3.63) is 64.9 Å². The Bertz CT molecular complexity index is 1060. The number of hydrogen-bond acceptors (Lipinski definition) is 6. The lowest BCUT2D eigenvalue weighted by Gasteiger charge is -2.14. The smallest absolute Gasteiger partial charge is 0.358 e. The lowest BCUT2D eigenvalue weighted by atomic mass is 10.0. The molecule has 0 saturated carbocycles. The summed E-state index contributed by atoms with van der Waals surface area (Å²) in [7, 11) is 2.85. The molecule has 3 aromatic rings. The minimum atomic E-state index is -0.599. The Labute approximate surface area is 174 Å². The topological polar surface area (TPSA) is 95.6 Å². The van der Waals surface area contributed by atoms with Gasteiger partial charge >= 0.3 is 5.97 Å². The van der Waals surface area contributed by atoms with Gasteiger partial charge in [-0.05, 0) is 42.2 Å². The first-order valence-corrected chi connectivity index (χ1v) is 9.54. The normalized spacial score (nSPS) is 10.9. The summed E-state index contributed by atoms with van der Waals surface area (Å²) in [6.07, 6.45) is 1.38. The van der Waals surface area contributed by atoms with Crippen LogP contribution in [0.5, 0.6) is 5.75 Å². The molecule has 1 amide bonds. The van der Waals surface area contributed by atoms with Crippen LogP contribution in [0.2, 0.25) is 0 Å². The van der Waals surface area contributed by atoms with Gasteiger partial charge in [0.1, 0.15) is 18.1 Å². The highest BCUT2D eigenvalue weighted by Gasteiger charge is 2.21. The van der Waals surface area contributed by atoms with Crippen LogP contribution in [0.15, 0.2) is 40.9 Å². The second-order valence-electron chi connectivity index (χ2n) is 7.23. The molecular weight excluding hydrogens is 386 g/mol. The molecule has 30 heavy (non-hydrogen) atoms.